The molecule has 0 fully saturated rings. The molecule has 3 aromatic rings. The molecule has 0 aliphatic rings. The lowest BCUT2D eigenvalue weighted by molar-refractivity contribution is -0.138. The van der Waals surface area contributed by atoms with Gasteiger partial charge in [0.25, 0.3) is 5.89 Å². The van der Waals surface area contributed by atoms with Gasteiger partial charge in [0, 0.05) is 17.5 Å². The minimum atomic E-state index is -4.64. The highest BCUT2D eigenvalue weighted by atomic mass is 19.4. The standard InChI is InChI=1S/C20H18F4N2O2/c1-2-13-4-6-14(7-5-13)18-25-19(28-26-18)15-8-9-17(27-11-3-10-21)16(12-15)20(22,23)24/h4-9,12H,2-3,10-11H2,1H3/i21-1. The molecule has 0 bridgehead atoms. The Labute approximate surface area is 159 Å². The van der Waals surface area contributed by atoms with Gasteiger partial charge < -0.3 is 9.26 Å². The molecule has 0 saturated carbocycles. The first-order valence-corrected chi connectivity index (χ1v) is 8.75. The zero-order valence-corrected chi connectivity index (χ0v) is 15.1. The van der Waals surface area contributed by atoms with E-state index < -0.39 is 18.4 Å². The quantitative estimate of drug-likeness (QED) is 0.380. The number of ether oxygens (including phenoxy) is 1. The van der Waals surface area contributed by atoms with Gasteiger partial charge in [-0.1, -0.05) is 36.3 Å². The predicted octanol–water partition coefficient (Wildman–Crippen LogP) is 5.72. The summed E-state index contributed by atoms with van der Waals surface area (Å²) in [6, 6.07) is 11.0. The van der Waals surface area contributed by atoms with Crippen molar-refractivity contribution in [1.29, 1.82) is 0 Å². The highest BCUT2D eigenvalue weighted by molar-refractivity contribution is 5.62. The van der Waals surface area contributed by atoms with Crippen LogP contribution < -0.4 is 4.74 Å². The molecule has 0 N–H and O–H groups in total. The van der Waals surface area contributed by atoms with E-state index in [1.807, 2.05) is 31.2 Å². The van der Waals surface area contributed by atoms with Crippen molar-refractivity contribution < 1.29 is 26.8 Å². The largest absolute Gasteiger partial charge is 0.493 e. The van der Waals surface area contributed by atoms with Crippen LogP contribution in [0.15, 0.2) is 47.0 Å². The molecule has 0 unspecified atom stereocenters. The molecule has 28 heavy (non-hydrogen) atoms. The number of alkyl halides is 4. The third-order valence-electron chi connectivity index (χ3n) is 4.11. The molecular weight excluding hydrogens is 375 g/mol. The van der Waals surface area contributed by atoms with E-state index in [4.69, 9.17) is 9.26 Å². The van der Waals surface area contributed by atoms with Crippen LogP contribution >= 0.6 is 0 Å². The fourth-order valence-electron chi connectivity index (χ4n) is 2.59. The molecule has 0 aliphatic carbocycles. The van der Waals surface area contributed by atoms with E-state index in [1.54, 1.807) is 0 Å². The zero-order valence-electron chi connectivity index (χ0n) is 15.1. The number of aromatic nitrogens is 2. The summed E-state index contributed by atoms with van der Waals surface area (Å²) in [5.74, 6) is -0.107. The molecule has 0 radical (unpaired) electrons. The molecule has 0 saturated heterocycles. The van der Waals surface area contributed by atoms with Gasteiger partial charge in [-0.05, 0) is 30.2 Å². The van der Waals surface area contributed by atoms with Crippen LogP contribution in [0.3, 0.4) is 0 Å². The molecule has 8 heteroatoms. The average Bonchev–Trinajstić information content (AvgIpc) is 3.18. The van der Waals surface area contributed by atoms with E-state index in [-0.39, 0.29) is 36.1 Å². The van der Waals surface area contributed by atoms with Crippen LogP contribution in [0.4, 0.5) is 17.6 Å². The fourth-order valence-corrected chi connectivity index (χ4v) is 2.59. The Morgan fingerprint density at radius 1 is 1.04 bits per heavy atom. The summed E-state index contributed by atoms with van der Waals surface area (Å²) in [6.07, 6.45) is -3.74. The van der Waals surface area contributed by atoms with Gasteiger partial charge in [0.05, 0.1) is 18.8 Å². The summed E-state index contributed by atoms with van der Waals surface area (Å²) in [6.45, 7) is 1.23. The van der Waals surface area contributed by atoms with Crippen LogP contribution in [-0.2, 0) is 12.6 Å². The van der Waals surface area contributed by atoms with Gasteiger partial charge in [0.15, 0.2) is 0 Å². The van der Waals surface area contributed by atoms with Crippen LogP contribution in [-0.4, -0.2) is 23.4 Å². The second-order valence-corrected chi connectivity index (χ2v) is 6.07. The summed E-state index contributed by atoms with van der Waals surface area (Å²) >= 11 is 0. The first kappa shape index (κ1) is 19.9. The summed E-state index contributed by atoms with van der Waals surface area (Å²) in [5, 5.41) is 3.85. The third-order valence-corrected chi connectivity index (χ3v) is 4.11. The van der Waals surface area contributed by atoms with Crippen LogP contribution in [0.2, 0.25) is 0 Å². The lowest BCUT2D eigenvalue weighted by Gasteiger charge is -2.14. The van der Waals surface area contributed by atoms with Crippen LogP contribution in [0, 0.1) is 0 Å². The maximum absolute atomic E-state index is 13.4. The Morgan fingerprint density at radius 2 is 1.75 bits per heavy atom. The Bertz CT molecular complexity index is 921. The van der Waals surface area contributed by atoms with Crippen molar-refractivity contribution in [2.45, 2.75) is 25.9 Å². The number of nitrogens with zero attached hydrogens (tertiary/aromatic N) is 2. The minimum absolute atomic E-state index is 0.0168. The van der Waals surface area contributed by atoms with Crippen LogP contribution in [0.5, 0.6) is 5.75 Å². The van der Waals surface area contributed by atoms with Crippen LogP contribution in [0.25, 0.3) is 22.8 Å². The van der Waals surface area contributed by atoms with Crippen molar-refractivity contribution in [2.75, 3.05) is 13.3 Å². The van der Waals surface area contributed by atoms with E-state index >= 15 is 0 Å². The van der Waals surface area contributed by atoms with Crippen LogP contribution in [0.1, 0.15) is 24.5 Å². The molecular formula is C20H18F4N2O2. The van der Waals surface area contributed by atoms with Crippen molar-refractivity contribution >= 4 is 0 Å². The highest BCUT2D eigenvalue weighted by Gasteiger charge is 2.35. The van der Waals surface area contributed by atoms with Gasteiger partial charge in [0.2, 0.25) is 5.82 Å². The molecule has 1 heterocycles. The number of benzene rings is 2. The third kappa shape index (κ3) is 4.49. The number of hydrogen-bond acceptors (Lipinski definition) is 4. The molecule has 148 valence electrons. The molecule has 4 nitrogen and oxygen atoms in total. The molecule has 0 spiro atoms. The second kappa shape index (κ2) is 8.41. The summed E-state index contributed by atoms with van der Waals surface area (Å²) in [5.41, 5.74) is 0.991. The topological polar surface area (TPSA) is 48.2 Å². The molecule has 2 aromatic carbocycles. The molecule has 1 aromatic heterocycles. The smallest absolute Gasteiger partial charge is 0.419 e. The Morgan fingerprint density at radius 3 is 2.39 bits per heavy atom. The summed E-state index contributed by atoms with van der Waals surface area (Å²) < 4.78 is 62.5. The molecule has 3 rings (SSSR count). The lowest BCUT2D eigenvalue weighted by Crippen LogP contribution is -2.10. The van der Waals surface area contributed by atoms with Gasteiger partial charge in [0.1, 0.15) is 5.75 Å². The van der Waals surface area contributed by atoms with E-state index in [2.05, 4.69) is 10.1 Å². The maximum Gasteiger partial charge on any atom is 0.419 e. The van der Waals surface area contributed by atoms with Gasteiger partial charge in [-0.3, -0.25) is 4.39 Å². The van der Waals surface area contributed by atoms with Crippen molar-refractivity contribution in [3.63, 3.8) is 0 Å². The van der Waals surface area contributed by atoms with Crippen molar-refractivity contribution in [3.05, 3.63) is 53.6 Å². The monoisotopic (exact) mass is 393 g/mol. The maximum atomic E-state index is 13.4. The zero-order chi connectivity index (χ0) is 20.1. The van der Waals surface area contributed by atoms with Gasteiger partial charge >= 0.3 is 6.18 Å². The first-order valence-electron chi connectivity index (χ1n) is 8.75. The van der Waals surface area contributed by atoms with E-state index in [9.17, 15) is 17.6 Å². The first-order chi connectivity index (χ1) is 13.4. The normalized spacial score (nSPS) is 11.6. The van der Waals surface area contributed by atoms with Gasteiger partial charge in [-0.25, -0.2) is 0 Å². The Balaban J connectivity index is 1.90. The van der Waals surface area contributed by atoms with Gasteiger partial charge in [-0.15, -0.1) is 0 Å². The molecule has 0 amide bonds. The number of hydrogen-bond donors (Lipinski definition) is 0. The molecule has 0 atom stereocenters. The van der Waals surface area contributed by atoms with E-state index in [1.165, 1.54) is 12.1 Å². The average molecular weight is 393 g/mol. The van der Waals surface area contributed by atoms with Crippen molar-refractivity contribution in [1.82, 2.24) is 10.1 Å². The number of aryl methyl sites for hydroxylation is 1. The second-order valence-electron chi connectivity index (χ2n) is 6.07. The molecule has 0 aliphatic heterocycles. The number of halogens is 4. The SMILES string of the molecule is CCc1ccc(-c2noc(-c3ccc(OCCC[18F])c(C(F)(F)F)c3)n2)cc1. The highest BCUT2D eigenvalue weighted by Crippen LogP contribution is 2.38. The van der Waals surface area contributed by atoms with Gasteiger partial charge in [-0.2, -0.15) is 18.2 Å². The Kier molecular flexibility index (Phi) is 5.96. The van der Waals surface area contributed by atoms with E-state index in [0.29, 0.717) is 5.56 Å². The Hall–Kier alpha value is -2.90. The number of rotatable bonds is 7. The van der Waals surface area contributed by atoms with Crippen molar-refractivity contribution in [3.8, 4) is 28.6 Å². The van der Waals surface area contributed by atoms with E-state index in [0.717, 1.165) is 18.1 Å². The lowest BCUT2D eigenvalue weighted by atomic mass is 10.1. The minimum Gasteiger partial charge on any atom is -0.493 e. The fraction of sp³-hybridized carbons (Fsp3) is 0.300. The summed E-state index contributed by atoms with van der Waals surface area (Å²) in [7, 11) is 0. The summed E-state index contributed by atoms with van der Waals surface area (Å²) in [4.78, 5) is 4.20. The van der Waals surface area contributed by atoms with Crippen molar-refractivity contribution in [2.24, 2.45) is 0 Å². The predicted molar refractivity (Wildman–Crippen MR) is 95.6 cm³/mol.